The van der Waals surface area contributed by atoms with Crippen LogP contribution >= 0.6 is 0 Å². The van der Waals surface area contributed by atoms with Crippen LogP contribution in [-0.2, 0) is 28.6 Å². The predicted octanol–water partition coefficient (Wildman–Crippen LogP) is 0.397. The van der Waals surface area contributed by atoms with Gasteiger partial charge < -0.3 is 0 Å². The molecule has 0 aromatic carbocycles. The lowest BCUT2D eigenvalue weighted by molar-refractivity contribution is 0.185. The van der Waals surface area contributed by atoms with Crippen molar-refractivity contribution in [3.63, 3.8) is 0 Å². The molecule has 0 saturated carbocycles. The van der Waals surface area contributed by atoms with E-state index in [2.05, 4.69) is 8.37 Å². The van der Waals surface area contributed by atoms with Crippen molar-refractivity contribution in [2.45, 2.75) is 19.4 Å². The fourth-order valence-electron chi connectivity index (χ4n) is 0.935. The molecule has 1 atom stereocenters. The van der Waals surface area contributed by atoms with Crippen molar-refractivity contribution in [1.82, 2.24) is 0 Å². The van der Waals surface area contributed by atoms with Crippen LogP contribution in [0, 0.1) is 0 Å². The zero-order valence-electron chi connectivity index (χ0n) is 9.84. The summed E-state index contributed by atoms with van der Waals surface area (Å²) in [6.07, 6.45) is -0.876. The quantitative estimate of drug-likeness (QED) is 0.543. The maximum absolute atomic E-state index is 11.8. The minimum Gasteiger partial charge on any atom is -0.270 e. The van der Waals surface area contributed by atoms with Crippen molar-refractivity contribution in [3.05, 3.63) is 0 Å². The first kappa shape index (κ1) is 17.7. The Kier molecular flexibility index (Phi) is 7.83. The van der Waals surface area contributed by atoms with Gasteiger partial charge >= 0.3 is 0 Å². The molecule has 1 unspecified atom stereocenters. The summed E-state index contributed by atoms with van der Waals surface area (Å²) in [4.78, 5) is 0. The van der Waals surface area contributed by atoms with Gasteiger partial charge in [0.2, 0.25) is 0 Å². The Labute approximate surface area is 106 Å². The molecule has 0 radical (unpaired) electrons. The lowest BCUT2D eigenvalue weighted by Crippen LogP contribution is -2.21. The summed E-state index contributed by atoms with van der Waals surface area (Å²) >= 11 is 0. The molecule has 0 aliphatic heterocycles. The van der Waals surface area contributed by atoms with E-state index in [-0.39, 0.29) is 13.0 Å². The summed E-state index contributed by atoms with van der Waals surface area (Å²) in [6.45, 7) is -1.06. The molecule has 0 amide bonds. The van der Waals surface area contributed by atoms with Gasteiger partial charge in [-0.2, -0.15) is 16.8 Å². The molecule has 0 spiro atoms. The van der Waals surface area contributed by atoms with E-state index in [0.717, 1.165) is 0 Å². The second-order valence-electron chi connectivity index (χ2n) is 3.42. The highest BCUT2D eigenvalue weighted by atomic mass is 32.2. The summed E-state index contributed by atoms with van der Waals surface area (Å²) in [6, 6.07) is 0. The summed E-state index contributed by atoms with van der Waals surface area (Å²) in [5.41, 5.74) is 0. The topological polar surface area (TPSA) is 86.7 Å². The highest BCUT2D eigenvalue weighted by molar-refractivity contribution is 7.87. The van der Waals surface area contributed by atoms with Crippen molar-refractivity contribution in [3.8, 4) is 0 Å². The van der Waals surface area contributed by atoms with E-state index in [4.69, 9.17) is 0 Å². The van der Waals surface area contributed by atoms with Crippen LogP contribution in [0.25, 0.3) is 0 Å². The Balaban J connectivity index is 4.02. The molecule has 0 aliphatic carbocycles. The van der Waals surface area contributed by atoms with E-state index in [9.17, 15) is 25.6 Å². The second-order valence-corrected chi connectivity index (χ2v) is 6.89. The van der Waals surface area contributed by atoms with Crippen molar-refractivity contribution in [1.29, 1.82) is 0 Å². The first-order chi connectivity index (χ1) is 8.22. The molecule has 0 heterocycles. The van der Waals surface area contributed by atoms with Crippen molar-refractivity contribution >= 4 is 20.2 Å². The average Bonchev–Trinajstić information content (AvgIpc) is 2.15. The zero-order chi connectivity index (χ0) is 14.2. The van der Waals surface area contributed by atoms with Crippen LogP contribution in [-0.4, -0.2) is 54.4 Å². The van der Waals surface area contributed by atoms with Gasteiger partial charge in [-0.25, -0.2) is 8.78 Å². The van der Waals surface area contributed by atoms with Crippen molar-refractivity contribution in [2.24, 2.45) is 0 Å². The Morgan fingerprint density at radius 2 is 1.50 bits per heavy atom. The van der Waals surface area contributed by atoms with E-state index in [0.29, 0.717) is 0 Å². The van der Waals surface area contributed by atoms with Crippen LogP contribution in [0.3, 0.4) is 0 Å². The van der Waals surface area contributed by atoms with Gasteiger partial charge in [0.05, 0.1) is 12.7 Å². The van der Waals surface area contributed by atoms with Crippen LogP contribution in [0.2, 0.25) is 0 Å². The zero-order valence-corrected chi connectivity index (χ0v) is 11.5. The molecule has 0 aliphatic rings. The van der Waals surface area contributed by atoms with Crippen LogP contribution in [0.4, 0.5) is 8.78 Å². The van der Waals surface area contributed by atoms with E-state index in [1.165, 1.54) is 6.92 Å². The fraction of sp³-hybridized carbons (Fsp3) is 1.00. The van der Waals surface area contributed by atoms with Gasteiger partial charge in [-0.3, -0.25) is 8.37 Å². The molecule has 0 fully saturated rings. The van der Waals surface area contributed by atoms with Crippen molar-refractivity contribution < 1.29 is 34.0 Å². The Morgan fingerprint density at radius 3 is 2.00 bits per heavy atom. The van der Waals surface area contributed by atoms with Crippen LogP contribution in [0.15, 0.2) is 0 Å². The number of hydrogen-bond acceptors (Lipinski definition) is 6. The minimum atomic E-state index is -3.95. The normalized spacial score (nSPS) is 14.6. The molecule has 110 valence electrons. The third-order valence-electron chi connectivity index (χ3n) is 1.75. The summed E-state index contributed by atoms with van der Waals surface area (Å²) in [7, 11) is -7.87. The van der Waals surface area contributed by atoms with Gasteiger partial charge in [-0.15, -0.1) is 0 Å². The SMILES string of the molecule is CC(CCOS(=O)(=O)CCF)OS(=O)(=O)CCF. The molecule has 0 rings (SSSR count). The van der Waals surface area contributed by atoms with Gasteiger partial charge in [0.1, 0.15) is 24.9 Å². The minimum absolute atomic E-state index is 0.0307. The molecule has 6 nitrogen and oxygen atoms in total. The highest BCUT2D eigenvalue weighted by Gasteiger charge is 2.17. The lowest BCUT2D eigenvalue weighted by Gasteiger charge is -2.12. The van der Waals surface area contributed by atoms with Gasteiger partial charge in [-0.05, 0) is 13.3 Å². The second kappa shape index (κ2) is 7.97. The number of hydrogen-bond donors (Lipinski definition) is 0. The molecule has 0 N–H and O–H groups in total. The molecule has 0 aromatic heterocycles. The molecule has 18 heavy (non-hydrogen) atoms. The van der Waals surface area contributed by atoms with E-state index < -0.39 is 51.2 Å². The first-order valence-corrected chi connectivity index (χ1v) is 8.28. The maximum Gasteiger partial charge on any atom is 0.270 e. The molecular formula is C8H16F2O6S2. The number of rotatable bonds is 10. The monoisotopic (exact) mass is 310 g/mol. The van der Waals surface area contributed by atoms with E-state index in [1.54, 1.807) is 0 Å². The number of alkyl halides is 2. The fourth-order valence-corrected chi connectivity index (χ4v) is 2.47. The highest BCUT2D eigenvalue weighted by Crippen LogP contribution is 2.06. The Hall–Kier alpha value is -0.320. The van der Waals surface area contributed by atoms with Gasteiger partial charge in [0.25, 0.3) is 20.2 Å². The van der Waals surface area contributed by atoms with Crippen LogP contribution in [0.5, 0.6) is 0 Å². The Bertz CT molecular complexity index is 419. The Morgan fingerprint density at radius 1 is 1.00 bits per heavy atom. The lowest BCUT2D eigenvalue weighted by atomic mass is 10.3. The standard InChI is InChI=1S/C8H16F2O6S2/c1-8(16-18(13,14)7-4-10)2-5-15-17(11,12)6-3-9/h8H,2-7H2,1H3. The van der Waals surface area contributed by atoms with E-state index >= 15 is 0 Å². The van der Waals surface area contributed by atoms with Crippen molar-refractivity contribution in [2.75, 3.05) is 31.5 Å². The molecule has 0 saturated heterocycles. The van der Waals surface area contributed by atoms with Gasteiger partial charge in [0.15, 0.2) is 0 Å². The van der Waals surface area contributed by atoms with Gasteiger partial charge in [-0.1, -0.05) is 0 Å². The summed E-state index contributed by atoms with van der Waals surface area (Å²) in [5.74, 6) is -1.50. The molecule has 10 heteroatoms. The van der Waals surface area contributed by atoms with Crippen LogP contribution in [0.1, 0.15) is 13.3 Å². The molecular weight excluding hydrogens is 294 g/mol. The average molecular weight is 310 g/mol. The van der Waals surface area contributed by atoms with E-state index in [1.807, 2.05) is 0 Å². The smallest absolute Gasteiger partial charge is 0.270 e. The third-order valence-corrected chi connectivity index (χ3v) is 4.21. The predicted molar refractivity (Wildman–Crippen MR) is 60.6 cm³/mol. The molecule has 0 aromatic rings. The maximum atomic E-state index is 11.8. The summed E-state index contributed by atoms with van der Waals surface area (Å²) in [5, 5.41) is 0. The van der Waals surface area contributed by atoms with Gasteiger partial charge in [0, 0.05) is 0 Å². The largest absolute Gasteiger partial charge is 0.270 e. The number of halogens is 2. The molecule has 0 bridgehead atoms. The summed E-state index contributed by atoms with van der Waals surface area (Å²) < 4.78 is 76.5. The first-order valence-electron chi connectivity index (χ1n) is 5.12. The van der Waals surface area contributed by atoms with Crippen LogP contribution < -0.4 is 0 Å². The third kappa shape index (κ3) is 8.72.